The SMILES string of the molecule is Cc1cc(-c2ccc(C(F)(F)F)cc2)ccc1COc1ccccc1-c1cccc(-n2nc(C(=O)O)cc2C(F)(F)F)n1. The lowest BCUT2D eigenvalue weighted by Crippen LogP contribution is -2.14. The number of nitrogens with zero attached hydrogens (tertiary/aromatic N) is 3. The summed E-state index contributed by atoms with van der Waals surface area (Å²) in [4.78, 5) is 15.6. The maximum absolute atomic E-state index is 13.6. The molecule has 0 aliphatic carbocycles. The Morgan fingerprint density at radius 2 is 1.53 bits per heavy atom. The number of aromatic carboxylic acids is 1. The Labute approximate surface area is 240 Å². The topological polar surface area (TPSA) is 77.2 Å². The van der Waals surface area contributed by atoms with Crippen molar-refractivity contribution in [2.45, 2.75) is 25.9 Å². The lowest BCUT2D eigenvalue weighted by molar-refractivity contribution is -0.143. The number of ether oxygens (including phenoxy) is 1. The minimum absolute atomic E-state index is 0.120. The van der Waals surface area contributed by atoms with Crippen molar-refractivity contribution in [2.24, 2.45) is 0 Å². The predicted octanol–water partition coefficient (Wildman–Crippen LogP) is 8.22. The standard InChI is InChI=1S/C31H21F6N3O3/c1-18-15-20(19-11-13-22(14-12-19)30(32,33)34)9-10-21(18)17-43-26-7-3-2-5-23(26)24-6-4-8-28(38-24)40-27(31(35,36)37)16-25(39-40)29(41)42/h2-16H,17H2,1H3,(H,41,42). The van der Waals surface area contributed by atoms with Crippen molar-refractivity contribution < 1.29 is 41.0 Å². The molecule has 6 nitrogen and oxygen atoms in total. The molecular formula is C31H21F6N3O3. The molecule has 0 unspecified atom stereocenters. The molecule has 0 fully saturated rings. The molecule has 0 bridgehead atoms. The van der Waals surface area contributed by atoms with Crippen LogP contribution in [0.2, 0.25) is 0 Å². The third kappa shape index (κ3) is 6.37. The van der Waals surface area contributed by atoms with Crippen molar-refractivity contribution in [3.63, 3.8) is 0 Å². The Kier molecular flexibility index (Phi) is 7.70. The molecule has 220 valence electrons. The molecule has 0 saturated heterocycles. The van der Waals surface area contributed by atoms with Gasteiger partial charge in [0.2, 0.25) is 0 Å². The highest BCUT2D eigenvalue weighted by Crippen LogP contribution is 2.34. The molecule has 43 heavy (non-hydrogen) atoms. The van der Waals surface area contributed by atoms with Gasteiger partial charge in [0, 0.05) is 11.6 Å². The summed E-state index contributed by atoms with van der Waals surface area (Å²) in [6.45, 7) is 1.96. The van der Waals surface area contributed by atoms with Crippen LogP contribution in [0.15, 0.2) is 91.0 Å². The van der Waals surface area contributed by atoms with Gasteiger partial charge in [0.15, 0.2) is 17.2 Å². The number of para-hydroxylation sites is 1. The number of halogens is 6. The molecular weight excluding hydrogens is 576 g/mol. The van der Waals surface area contributed by atoms with Crippen molar-refractivity contribution in [3.8, 4) is 34.0 Å². The van der Waals surface area contributed by atoms with E-state index in [0.717, 1.165) is 28.8 Å². The number of benzene rings is 3. The van der Waals surface area contributed by atoms with Crippen LogP contribution in [0.5, 0.6) is 5.75 Å². The molecule has 0 aliphatic heterocycles. The zero-order valence-corrected chi connectivity index (χ0v) is 22.2. The third-order valence-electron chi connectivity index (χ3n) is 6.60. The average Bonchev–Trinajstić information content (AvgIpc) is 3.44. The van der Waals surface area contributed by atoms with E-state index in [9.17, 15) is 31.1 Å². The van der Waals surface area contributed by atoms with Gasteiger partial charge in [-0.3, -0.25) is 0 Å². The number of aromatic nitrogens is 3. The van der Waals surface area contributed by atoms with Crippen LogP contribution in [0.4, 0.5) is 26.3 Å². The highest BCUT2D eigenvalue weighted by molar-refractivity contribution is 5.85. The van der Waals surface area contributed by atoms with E-state index in [1.165, 1.54) is 24.3 Å². The van der Waals surface area contributed by atoms with Crippen LogP contribution in [0.1, 0.15) is 32.9 Å². The molecule has 2 heterocycles. The maximum atomic E-state index is 13.6. The minimum Gasteiger partial charge on any atom is -0.488 e. The van der Waals surface area contributed by atoms with Crippen LogP contribution in [-0.2, 0) is 19.0 Å². The van der Waals surface area contributed by atoms with Gasteiger partial charge in [-0.25, -0.2) is 14.5 Å². The molecule has 2 aromatic heterocycles. The molecule has 3 aromatic carbocycles. The van der Waals surface area contributed by atoms with Crippen LogP contribution >= 0.6 is 0 Å². The molecule has 5 rings (SSSR count). The van der Waals surface area contributed by atoms with Crippen LogP contribution < -0.4 is 4.74 Å². The van der Waals surface area contributed by atoms with E-state index in [4.69, 9.17) is 9.84 Å². The molecule has 5 aromatic rings. The number of hydrogen-bond donors (Lipinski definition) is 1. The average molecular weight is 598 g/mol. The molecule has 0 aliphatic rings. The Morgan fingerprint density at radius 1 is 0.837 bits per heavy atom. The first-order valence-corrected chi connectivity index (χ1v) is 12.7. The second-order valence-corrected chi connectivity index (χ2v) is 9.51. The van der Waals surface area contributed by atoms with Crippen molar-refractivity contribution in [1.82, 2.24) is 14.8 Å². The molecule has 0 saturated carbocycles. The van der Waals surface area contributed by atoms with E-state index in [1.807, 2.05) is 13.0 Å². The third-order valence-corrected chi connectivity index (χ3v) is 6.60. The first-order valence-electron chi connectivity index (χ1n) is 12.7. The minimum atomic E-state index is -4.88. The monoisotopic (exact) mass is 597 g/mol. The lowest BCUT2D eigenvalue weighted by Gasteiger charge is -2.15. The number of pyridine rings is 1. The van der Waals surface area contributed by atoms with Crippen molar-refractivity contribution in [2.75, 3.05) is 0 Å². The summed E-state index contributed by atoms with van der Waals surface area (Å²) in [5.41, 5.74) is 0.956. The van der Waals surface area contributed by atoms with Crippen LogP contribution in [0.3, 0.4) is 0 Å². The second kappa shape index (κ2) is 11.3. The van der Waals surface area contributed by atoms with Gasteiger partial charge in [-0.05, 0) is 65.6 Å². The van der Waals surface area contributed by atoms with Crippen LogP contribution in [-0.4, -0.2) is 25.8 Å². The summed E-state index contributed by atoms with van der Waals surface area (Å²) in [5.74, 6) is -1.45. The van der Waals surface area contributed by atoms with Crippen LogP contribution in [0, 0.1) is 6.92 Å². The maximum Gasteiger partial charge on any atom is 0.433 e. The smallest absolute Gasteiger partial charge is 0.433 e. The molecule has 1 N–H and O–H groups in total. The fourth-order valence-electron chi connectivity index (χ4n) is 4.40. The lowest BCUT2D eigenvalue weighted by atomic mass is 9.99. The van der Waals surface area contributed by atoms with E-state index in [1.54, 1.807) is 42.5 Å². The number of hydrogen-bond acceptors (Lipinski definition) is 4. The Hall–Kier alpha value is -5.13. The van der Waals surface area contributed by atoms with Crippen molar-refractivity contribution in [3.05, 3.63) is 119 Å². The van der Waals surface area contributed by atoms with E-state index in [-0.39, 0.29) is 18.1 Å². The van der Waals surface area contributed by atoms with Gasteiger partial charge in [0.05, 0.1) is 11.3 Å². The quantitative estimate of drug-likeness (QED) is 0.191. The Morgan fingerprint density at radius 3 is 2.19 bits per heavy atom. The zero-order valence-electron chi connectivity index (χ0n) is 22.2. The number of carboxylic acid groups (broad SMARTS) is 1. The fraction of sp³-hybridized carbons (Fsp3) is 0.129. The summed E-state index contributed by atoms with van der Waals surface area (Å²) in [5, 5.41) is 12.8. The van der Waals surface area contributed by atoms with Gasteiger partial charge in [-0.1, -0.05) is 48.5 Å². The largest absolute Gasteiger partial charge is 0.488 e. The molecule has 0 spiro atoms. The summed E-state index contributed by atoms with van der Waals surface area (Å²) in [7, 11) is 0. The van der Waals surface area contributed by atoms with Gasteiger partial charge in [0.1, 0.15) is 12.4 Å². The Bertz CT molecular complexity index is 1790. The number of carboxylic acids is 1. The summed E-state index contributed by atoms with van der Waals surface area (Å²) in [6.07, 6.45) is -9.29. The van der Waals surface area contributed by atoms with Gasteiger partial charge >= 0.3 is 18.3 Å². The van der Waals surface area contributed by atoms with Gasteiger partial charge in [-0.15, -0.1) is 0 Å². The van der Waals surface area contributed by atoms with Gasteiger partial charge in [0.25, 0.3) is 0 Å². The highest BCUT2D eigenvalue weighted by atomic mass is 19.4. The number of alkyl halides is 6. The van der Waals surface area contributed by atoms with Gasteiger partial charge in [-0.2, -0.15) is 31.4 Å². The molecule has 0 atom stereocenters. The molecule has 0 amide bonds. The van der Waals surface area contributed by atoms with E-state index in [2.05, 4.69) is 10.1 Å². The first kappa shape index (κ1) is 29.4. The van der Waals surface area contributed by atoms with E-state index in [0.29, 0.717) is 27.6 Å². The number of rotatable bonds is 7. The highest BCUT2D eigenvalue weighted by Gasteiger charge is 2.37. The predicted molar refractivity (Wildman–Crippen MR) is 145 cm³/mol. The normalized spacial score (nSPS) is 11.9. The zero-order chi connectivity index (χ0) is 30.9. The summed E-state index contributed by atoms with van der Waals surface area (Å²) in [6, 6.07) is 21.9. The van der Waals surface area contributed by atoms with E-state index < -0.39 is 35.3 Å². The Balaban J connectivity index is 1.39. The van der Waals surface area contributed by atoms with E-state index >= 15 is 0 Å². The number of carbonyl (C=O) groups is 1. The fourth-order valence-corrected chi connectivity index (χ4v) is 4.40. The summed E-state index contributed by atoms with van der Waals surface area (Å²) < 4.78 is 86.1. The van der Waals surface area contributed by atoms with Crippen molar-refractivity contribution in [1.29, 1.82) is 0 Å². The molecule has 12 heteroatoms. The van der Waals surface area contributed by atoms with Gasteiger partial charge < -0.3 is 9.84 Å². The van der Waals surface area contributed by atoms with Crippen LogP contribution in [0.25, 0.3) is 28.2 Å². The number of aryl methyl sites for hydroxylation is 1. The van der Waals surface area contributed by atoms with Crippen molar-refractivity contribution >= 4 is 5.97 Å². The first-order chi connectivity index (χ1) is 20.3. The second-order valence-electron chi connectivity index (χ2n) is 9.51. The molecule has 0 radical (unpaired) electrons. The summed E-state index contributed by atoms with van der Waals surface area (Å²) >= 11 is 0.